The Labute approximate surface area is 129 Å². The molecule has 0 radical (unpaired) electrons. The van der Waals surface area contributed by atoms with Gasteiger partial charge in [0.2, 0.25) is 10.0 Å². The van der Waals surface area contributed by atoms with Crippen LogP contribution in [0.5, 0.6) is 0 Å². The molecule has 0 spiro atoms. The van der Waals surface area contributed by atoms with Crippen LogP contribution in [0.1, 0.15) is 41.5 Å². The van der Waals surface area contributed by atoms with E-state index in [9.17, 15) is 8.42 Å². The molecule has 0 aliphatic heterocycles. The topological polar surface area (TPSA) is 58.2 Å². The second-order valence-corrected chi connectivity index (χ2v) is 8.45. The Balaban J connectivity index is 3.01. The number of benzene rings is 1. The smallest absolute Gasteiger partial charge is 0.242 e. The van der Waals surface area contributed by atoms with Gasteiger partial charge < -0.3 is 5.32 Å². The van der Waals surface area contributed by atoms with Gasteiger partial charge in [-0.15, -0.1) is 0 Å². The molecule has 0 bridgehead atoms. The van der Waals surface area contributed by atoms with Crippen LogP contribution < -0.4 is 10.0 Å². The van der Waals surface area contributed by atoms with Crippen molar-refractivity contribution >= 4 is 15.7 Å². The highest BCUT2D eigenvalue weighted by Crippen LogP contribution is 2.28. The zero-order valence-electron chi connectivity index (χ0n) is 13.9. The van der Waals surface area contributed by atoms with E-state index in [1.807, 2.05) is 26.0 Å². The van der Waals surface area contributed by atoms with Gasteiger partial charge in [0.25, 0.3) is 0 Å². The van der Waals surface area contributed by atoms with Crippen LogP contribution in [0.3, 0.4) is 0 Å². The molecular weight excluding hydrogens is 284 g/mol. The van der Waals surface area contributed by atoms with Gasteiger partial charge in [0.1, 0.15) is 4.90 Å². The Kier molecular flexibility index (Phi) is 5.82. The van der Waals surface area contributed by atoms with Crippen molar-refractivity contribution in [1.29, 1.82) is 0 Å². The SMILES string of the molecule is CC(C)NS(=O)(=O)c1ccccc1NCC(C)(C)C(C)C. The van der Waals surface area contributed by atoms with Gasteiger partial charge in [-0.1, -0.05) is 39.8 Å². The third-order valence-electron chi connectivity index (χ3n) is 3.86. The second-order valence-electron chi connectivity index (χ2n) is 6.77. The van der Waals surface area contributed by atoms with Crippen molar-refractivity contribution in [3.05, 3.63) is 24.3 Å². The third-order valence-corrected chi connectivity index (χ3v) is 5.58. The van der Waals surface area contributed by atoms with Crippen molar-refractivity contribution in [1.82, 2.24) is 4.72 Å². The Morgan fingerprint density at radius 1 is 1.10 bits per heavy atom. The lowest BCUT2D eigenvalue weighted by Gasteiger charge is -2.30. The van der Waals surface area contributed by atoms with E-state index in [1.165, 1.54) is 0 Å². The monoisotopic (exact) mass is 312 g/mol. The van der Waals surface area contributed by atoms with Crippen molar-refractivity contribution in [3.63, 3.8) is 0 Å². The van der Waals surface area contributed by atoms with Crippen molar-refractivity contribution in [2.45, 2.75) is 52.5 Å². The summed E-state index contributed by atoms with van der Waals surface area (Å²) in [5, 5.41) is 3.30. The fourth-order valence-electron chi connectivity index (χ4n) is 1.75. The summed E-state index contributed by atoms with van der Waals surface area (Å²) >= 11 is 0. The molecule has 0 aliphatic rings. The number of anilines is 1. The molecule has 0 heterocycles. The Bertz CT molecular complexity index is 563. The van der Waals surface area contributed by atoms with Crippen LogP contribution in [0.25, 0.3) is 0 Å². The molecule has 2 N–H and O–H groups in total. The molecule has 0 aliphatic carbocycles. The van der Waals surface area contributed by atoms with Crippen molar-refractivity contribution in [2.24, 2.45) is 11.3 Å². The standard InChI is InChI=1S/C16H28N2O2S/c1-12(2)16(5,6)11-17-14-9-7-8-10-15(14)21(19,20)18-13(3)4/h7-10,12-13,17-18H,11H2,1-6H3. The summed E-state index contributed by atoms with van der Waals surface area (Å²) in [5.41, 5.74) is 0.738. The zero-order valence-corrected chi connectivity index (χ0v) is 14.7. The van der Waals surface area contributed by atoms with Gasteiger partial charge in [0, 0.05) is 12.6 Å². The highest BCUT2D eigenvalue weighted by Gasteiger charge is 2.24. The second kappa shape index (κ2) is 6.79. The first-order valence-electron chi connectivity index (χ1n) is 7.41. The molecule has 21 heavy (non-hydrogen) atoms. The minimum Gasteiger partial charge on any atom is -0.383 e. The van der Waals surface area contributed by atoms with Crippen molar-refractivity contribution < 1.29 is 8.42 Å². The van der Waals surface area contributed by atoms with Crippen molar-refractivity contribution in [3.8, 4) is 0 Å². The molecule has 0 saturated carbocycles. The van der Waals surface area contributed by atoms with Crippen LogP contribution in [0.4, 0.5) is 5.69 Å². The molecule has 0 amide bonds. The fraction of sp³-hybridized carbons (Fsp3) is 0.625. The Hall–Kier alpha value is -1.07. The van der Waals surface area contributed by atoms with Crippen LogP contribution in [0.15, 0.2) is 29.2 Å². The van der Waals surface area contributed by atoms with Crippen molar-refractivity contribution in [2.75, 3.05) is 11.9 Å². The lowest BCUT2D eigenvalue weighted by molar-refractivity contribution is 0.269. The molecule has 0 aromatic heterocycles. The van der Waals surface area contributed by atoms with E-state index >= 15 is 0 Å². The molecule has 0 saturated heterocycles. The lowest BCUT2D eigenvalue weighted by Crippen LogP contribution is -2.32. The van der Waals surface area contributed by atoms with E-state index in [1.54, 1.807) is 12.1 Å². The van der Waals surface area contributed by atoms with Crippen LogP contribution in [0.2, 0.25) is 0 Å². The van der Waals surface area contributed by atoms with Gasteiger partial charge >= 0.3 is 0 Å². The van der Waals surface area contributed by atoms with E-state index in [0.29, 0.717) is 16.5 Å². The molecule has 1 aromatic rings. The van der Waals surface area contributed by atoms with Crippen LogP contribution in [0, 0.1) is 11.3 Å². The average molecular weight is 312 g/mol. The van der Waals surface area contributed by atoms with E-state index in [0.717, 1.165) is 6.54 Å². The molecule has 0 unspecified atom stereocenters. The van der Waals surface area contributed by atoms with Gasteiger partial charge in [-0.25, -0.2) is 13.1 Å². The summed E-state index contributed by atoms with van der Waals surface area (Å²) in [6.07, 6.45) is 0. The highest BCUT2D eigenvalue weighted by molar-refractivity contribution is 7.89. The van der Waals surface area contributed by atoms with Crippen LogP contribution in [-0.4, -0.2) is 21.0 Å². The summed E-state index contributed by atoms with van der Waals surface area (Å²) < 4.78 is 27.4. The first-order chi connectivity index (χ1) is 9.56. The van der Waals surface area contributed by atoms with Gasteiger partial charge in [0.05, 0.1) is 5.69 Å². The first kappa shape index (κ1) is 18.0. The molecule has 0 fully saturated rings. The van der Waals surface area contributed by atoms with Crippen LogP contribution in [-0.2, 0) is 10.0 Å². The number of hydrogen-bond acceptors (Lipinski definition) is 3. The van der Waals surface area contributed by atoms with Gasteiger partial charge in [-0.2, -0.15) is 0 Å². The molecule has 4 nitrogen and oxygen atoms in total. The normalized spacial score (nSPS) is 13.0. The van der Waals surface area contributed by atoms with Crippen LogP contribution >= 0.6 is 0 Å². The van der Waals surface area contributed by atoms with Gasteiger partial charge in [0.15, 0.2) is 0 Å². The summed E-state index contributed by atoms with van der Waals surface area (Å²) in [4.78, 5) is 0.304. The zero-order chi connectivity index (χ0) is 16.3. The molecule has 5 heteroatoms. The maximum Gasteiger partial charge on any atom is 0.242 e. The molecular formula is C16H28N2O2S. The molecule has 120 valence electrons. The maximum absolute atomic E-state index is 12.4. The molecule has 1 rings (SSSR count). The Morgan fingerprint density at radius 3 is 2.19 bits per heavy atom. The van der Waals surface area contributed by atoms with Gasteiger partial charge in [-0.3, -0.25) is 0 Å². The minimum atomic E-state index is -3.49. The lowest BCUT2D eigenvalue weighted by atomic mass is 9.81. The number of para-hydroxylation sites is 1. The summed E-state index contributed by atoms with van der Waals surface area (Å²) in [6, 6.07) is 6.91. The number of hydrogen-bond donors (Lipinski definition) is 2. The first-order valence-corrected chi connectivity index (χ1v) is 8.90. The largest absolute Gasteiger partial charge is 0.383 e. The number of sulfonamides is 1. The predicted octanol–water partition coefficient (Wildman–Crippen LogP) is 3.47. The minimum absolute atomic E-state index is 0.0857. The third kappa shape index (κ3) is 5.00. The highest BCUT2D eigenvalue weighted by atomic mass is 32.2. The number of nitrogens with one attached hydrogen (secondary N) is 2. The predicted molar refractivity (Wildman–Crippen MR) is 89.0 cm³/mol. The summed E-state index contributed by atoms with van der Waals surface area (Å²) in [5.74, 6) is 0.502. The summed E-state index contributed by atoms with van der Waals surface area (Å²) in [6.45, 7) is 13.0. The maximum atomic E-state index is 12.4. The number of rotatable bonds is 7. The van der Waals surface area contributed by atoms with E-state index in [4.69, 9.17) is 0 Å². The molecule has 0 atom stereocenters. The van der Waals surface area contributed by atoms with E-state index in [2.05, 4.69) is 37.7 Å². The molecule has 1 aromatic carbocycles. The summed E-state index contributed by atoms with van der Waals surface area (Å²) in [7, 11) is -3.49. The quantitative estimate of drug-likeness (QED) is 0.810. The fourth-order valence-corrected chi connectivity index (χ4v) is 3.18. The average Bonchev–Trinajstić information content (AvgIpc) is 2.35. The Morgan fingerprint density at radius 2 is 1.67 bits per heavy atom. The van der Waals surface area contributed by atoms with Gasteiger partial charge in [-0.05, 0) is 37.3 Å². The van der Waals surface area contributed by atoms with E-state index in [-0.39, 0.29) is 11.5 Å². The van der Waals surface area contributed by atoms with E-state index < -0.39 is 10.0 Å².